The number of rotatable bonds is 2. The fourth-order valence-electron chi connectivity index (χ4n) is 0.494. The molecule has 0 amide bonds. The minimum absolute atomic E-state index is 0.0319. The van der Waals surface area contributed by atoms with Gasteiger partial charge in [-0.05, 0) is 0 Å². The molecule has 1 heterocycles. The molecule has 0 aliphatic carbocycles. The SMILES string of the molecule is C=CC(=O)OC1COC1. The highest BCUT2D eigenvalue weighted by atomic mass is 16.6. The summed E-state index contributed by atoms with van der Waals surface area (Å²) in [6.07, 6.45) is 1.12. The van der Waals surface area contributed by atoms with Crippen LogP contribution in [0.4, 0.5) is 0 Å². The van der Waals surface area contributed by atoms with Crippen LogP contribution in [0, 0.1) is 0 Å². The van der Waals surface area contributed by atoms with E-state index in [0.29, 0.717) is 13.2 Å². The van der Waals surface area contributed by atoms with E-state index in [4.69, 9.17) is 9.47 Å². The molecule has 0 bridgehead atoms. The van der Waals surface area contributed by atoms with Gasteiger partial charge in [-0.1, -0.05) is 6.58 Å². The smallest absolute Gasteiger partial charge is 0.330 e. The predicted octanol–water partition coefficient (Wildman–Crippen LogP) is 0.114. The predicted molar refractivity (Wildman–Crippen MR) is 30.9 cm³/mol. The molecule has 0 aromatic rings. The second kappa shape index (κ2) is 2.64. The molecule has 1 saturated heterocycles. The second-order valence-electron chi connectivity index (χ2n) is 1.80. The molecule has 0 unspecified atom stereocenters. The van der Waals surface area contributed by atoms with Crippen molar-refractivity contribution in [3.63, 3.8) is 0 Å². The van der Waals surface area contributed by atoms with E-state index in [-0.39, 0.29) is 12.1 Å². The van der Waals surface area contributed by atoms with Crippen molar-refractivity contribution in [3.05, 3.63) is 12.7 Å². The molecule has 0 spiro atoms. The van der Waals surface area contributed by atoms with Crippen LogP contribution < -0.4 is 0 Å². The summed E-state index contributed by atoms with van der Waals surface area (Å²) >= 11 is 0. The van der Waals surface area contributed by atoms with Gasteiger partial charge in [0.1, 0.15) is 6.10 Å². The van der Waals surface area contributed by atoms with Crippen LogP contribution >= 0.6 is 0 Å². The minimum atomic E-state index is -0.372. The van der Waals surface area contributed by atoms with Gasteiger partial charge in [0.25, 0.3) is 0 Å². The van der Waals surface area contributed by atoms with Crippen LogP contribution in [-0.4, -0.2) is 25.3 Å². The molecule has 0 N–H and O–H groups in total. The Kier molecular flexibility index (Phi) is 1.85. The van der Waals surface area contributed by atoms with Crippen LogP contribution in [0.1, 0.15) is 0 Å². The highest BCUT2D eigenvalue weighted by molar-refractivity contribution is 5.81. The molecule has 9 heavy (non-hydrogen) atoms. The Balaban J connectivity index is 2.16. The molecular formula is C6H8O3. The lowest BCUT2D eigenvalue weighted by Crippen LogP contribution is -2.37. The Bertz CT molecular complexity index is 126. The van der Waals surface area contributed by atoms with Crippen LogP contribution in [0.2, 0.25) is 0 Å². The molecular weight excluding hydrogens is 120 g/mol. The van der Waals surface area contributed by atoms with E-state index in [0.717, 1.165) is 6.08 Å². The summed E-state index contributed by atoms with van der Waals surface area (Å²) in [7, 11) is 0. The first-order valence-electron chi connectivity index (χ1n) is 2.73. The molecule has 1 aliphatic heterocycles. The first kappa shape index (κ1) is 6.29. The van der Waals surface area contributed by atoms with Gasteiger partial charge in [-0.2, -0.15) is 0 Å². The van der Waals surface area contributed by atoms with Gasteiger partial charge in [-0.15, -0.1) is 0 Å². The van der Waals surface area contributed by atoms with Gasteiger partial charge < -0.3 is 9.47 Å². The quantitative estimate of drug-likeness (QED) is 0.391. The third-order valence-corrected chi connectivity index (χ3v) is 1.06. The van der Waals surface area contributed by atoms with Crippen LogP contribution in [0.25, 0.3) is 0 Å². The van der Waals surface area contributed by atoms with Crippen molar-refractivity contribution < 1.29 is 14.3 Å². The molecule has 0 atom stereocenters. The zero-order valence-corrected chi connectivity index (χ0v) is 5.00. The lowest BCUT2D eigenvalue weighted by Gasteiger charge is -2.24. The monoisotopic (exact) mass is 128 g/mol. The minimum Gasteiger partial charge on any atom is -0.454 e. The third kappa shape index (κ3) is 1.54. The van der Waals surface area contributed by atoms with E-state index in [1.54, 1.807) is 0 Å². The van der Waals surface area contributed by atoms with Crippen LogP contribution in [0.5, 0.6) is 0 Å². The summed E-state index contributed by atoms with van der Waals surface area (Å²) < 4.78 is 9.52. The highest BCUT2D eigenvalue weighted by Crippen LogP contribution is 2.04. The van der Waals surface area contributed by atoms with Gasteiger partial charge in [0.2, 0.25) is 0 Å². The van der Waals surface area contributed by atoms with E-state index in [9.17, 15) is 4.79 Å². The number of ether oxygens (including phenoxy) is 2. The van der Waals surface area contributed by atoms with Crippen molar-refractivity contribution in [1.29, 1.82) is 0 Å². The number of hydrogen-bond acceptors (Lipinski definition) is 3. The van der Waals surface area contributed by atoms with Crippen LogP contribution in [0.3, 0.4) is 0 Å². The molecule has 1 rings (SSSR count). The summed E-state index contributed by atoms with van der Waals surface area (Å²) in [6, 6.07) is 0. The number of esters is 1. The molecule has 0 saturated carbocycles. The van der Waals surface area contributed by atoms with Crippen molar-refractivity contribution in [3.8, 4) is 0 Å². The van der Waals surface area contributed by atoms with Crippen molar-refractivity contribution in [2.45, 2.75) is 6.10 Å². The summed E-state index contributed by atoms with van der Waals surface area (Å²) in [5.74, 6) is -0.372. The normalized spacial score (nSPS) is 18.2. The summed E-state index contributed by atoms with van der Waals surface area (Å²) in [4.78, 5) is 10.4. The van der Waals surface area contributed by atoms with E-state index in [1.165, 1.54) is 0 Å². The maximum atomic E-state index is 10.4. The average molecular weight is 128 g/mol. The molecule has 1 fully saturated rings. The summed E-state index contributed by atoms with van der Waals surface area (Å²) in [6.45, 7) is 4.31. The Morgan fingerprint density at radius 1 is 1.78 bits per heavy atom. The molecule has 0 radical (unpaired) electrons. The molecule has 0 aromatic heterocycles. The van der Waals surface area contributed by atoms with Crippen molar-refractivity contribution in [2.24, 2.45) is 0 Å². The first-order chi connectivity index (χ1) is 4.33. The van der Waals surface area contributed by atoms with E-state index in [1.807, 2.05) is 0 Å². The van der Waals surface area contributed by atoms with E-state index >= 15 is 0 Å². The molecule has 0 aromatic carbocycles. The Hall–Kier alpha value is -0.830. The number of carbonyl (C=O) groups excluding carboxylic acids is 1. The number of hydrogen-bond donors (Lipinski definition) is 0. The molecule has 3 nitrogen and oxygen atoms in total. The lowest BCUT2D eigenvalue weighted by atomic mass is 10.3. The van der Waals surface area contributed by atoms with Crippen molar-refractivity contribution >= 4 is 5.97 Å². The van der Waals surface area contributed by atoms with Gasteiger partial charge in [-0.3, -0.25) is 0 Å². The summed E-state index contributed by atoms with van der Waals surface area (Å²) in [5, 5.41) is 0. The Labute approximate surface area is 53.3 Å². The maximum Gasteiger partial charge on any atom is 0.330 e. The van der Waals surface area contributed by atoms with Gasteiger partial charge in [0.15, 0.2) is 0 Å². The zero-order chi connectivity index (χ0) is 6.69. The highest BCUT2D eigenvalue weighted by Gasteiger charge is 2.20. The fraction of sp³-hybridized carbons (Fsp3) is 0.500. The van der Waals surface area contributed by atoms with E-state index < -0.39 is 0 Å². The van der Waals surface area contributed by atoms with Crippen molar-refractivity contribution in [2.75, 3.05) is 13.2 Å². The Morgan fingerprint density at radius 2 is 2.44 bits per heavy atom. The van der Waals surface area contributed by atoms with Gasteiger partial charge in [0.05, 0.1) is 13.2 Å². The Morgan fingerprint density at radius 3 is 2.78 bits per heavy atom. The first-order valence-corrected chi connectivity index (χ1v) is 2.73. The van der Waals surface area contributed by atoms with Crippen LogP contribution in [0.15, 0.2) is 12.7 Å². The third-order valence-electron chi connectivity index (χ3n) is 1.06. The maximum absolute atomic E-state index is 10.4. The lowest BCUT2D eigenvalue weighted by molar-refractivity contribution is -0.166. The summed E-state index contributed by atoms with van der Waals surface area (Å²) in [5.41, 5.74) is 0. The van der Waals surface area contributed by atoms with Crippen molar-refractivity contribution in [1.82, 2.24) is 0 Å². The van der Waals surface area contributed by atoms with Gasteiger partial charge in [-0.25, -0.2) is 4.79 Å². The van der Waals surface area contributed by atoms with Crippen LogP contribution in [-0.2, 0) is 14.3 Å². The molecule has 1 aliphatic rings. The second-order valence-corrected chi connectivity index (χ2v) is 1.80. The fourth-order valence-corrected chi connectivity index (χ4v) is 0.494. The van der Waals surface area contributed by atoms with Gasteiger partial charge >= 0.3 is 5.97 Å². The topological polar surface area (TPSA) is 35.5 Å². The zero-order valence-electron chi connectivity index (χ0n) is 5.00. The van der Waals surface area contributed by atoms with E-state index in [2.05, 4.69) is 6.58 Å². The largest absolute Gasteiger partial charge is 0.454 e. The number of carbonyl (C=O) groups is 1. The van der Waals surface area contributed by atoms with Gasteiger partial charge in [0, 0.05) is 6.08 Å². The molecule has 3 heteroatoms. The molecule has 50 valence electrons. The average Bonchev–Trinajstić information content (AvgIpc) is 1.78. The standard InChI is InChI=1S/C6H8O3/c1-2-6(7)9-5-3-8-4-5/h2,5H,1,3-4H2.